The molecule has 3 rings (SSSR count). The van der Waals surface area contributed by atoms with E-state index in [4.69, 9.17) is 23.2 Å². The molecule has 1 aromatic heterocycles. The predicted molar refractivity (Wildman–Crippen MR) is 111 cm³/mol. The molecule has 0 saturated heterocycles. The summed E-state index contributed by atoms with van der Waals surface area (Å²) >= 11 is 13.5. The number of benzene rings is 2. The van der Waals surface area contributed by atoms with Crippen molar-refractivity contribution in [2.75, 3.05) is 12.4 Å². The zero-order chi connectivity index (χ0) is 20.3. The van der Waals surface area contributed by atoms with Gasteiger partial charge >= 0.3 is 0 Å². The van der Waals surface area contributed by atoms with Crippen LogP contribution in [0.5, 0.6) is 0 Å². The van der Waals surface area contributed by atoms with Gasteiger partial charge in [0.1, 0.15) is 5.82 Å². The molecular formula is C20H15Cl2FN2O2S. The number of carbonyl (C=O) groups is 2. The van der Waals surface area contributed by atoms with E-state index in [1.54, 1.807) is 36.7 Å². The van der Waals surface area contributed by atoms with Crippen molar-refractivity contribution in [2.45, 2.75) is 6.54 Å². The summed E-state index contributed by atoms with van der Waals surface area (Å²) < 4.78 is 14.0. The average molecular weight is 437 g/mol. The molecule has 0 aliphatic carbocycles. The molecule has 28 heavy (non-hydrogen) atoms. The van der Waals surface area contributed by atoms with Gasteiger partial charge in [-0.05, 0) is 41.8 Å². The van der Waals surface area contributed by atoms with Crippen LogP contribution in [-0.4, -0.2) is 23.8 Å². The third kappa shape index (κ3) is 4.52. The van der Waals surface area contributed by atoms with E-state index in [9.17, 15) is 14.0 Å². The smallest absolute Gasteiger partial charge is 0.265 e. The first kappa shape index (κ1) is 20.3. The largest absolute Gasteiger partial charge is 0.337 e. The number of anilines is 1. The average Bonchev–Trinajstić information content (AvgIpc) is 3.21. The van der Waals surface area contributed by atoms with Crippen LogP contribution in [0.1, 0.15) is 25.6 Å². The van der Waals surface area contributed by atoms with E-state index in [-0.39, 0.29) is 28.9 Å². The number of halogens is 3. The fourth-order valence-electron chi connectivity index (χ4n) is 2.56. The number of hydrogen-bond donors (Lipinski definition) is 1. The van der Waals surface area contributed by atoms with Crippen LogP contribution in [0.4, 0.5) is 10.1 Å². The van der Waals surface area contributed by atoms with Crippen LogP contribution in [0.15, 0.2) is 53.9 Å². The Morgan fingerprint density at radius 2 is 1.89 bits per heavy atom. The molecule has 2 aromatic carbocycles. The standard InChI is InChI=1S/C20H15Cl2FN2O2S/c1-25(11-13-14(21)4-2-5-16(13)23)20(27)12-7-8-15(22)17(10-12)24-19(26)18-6-3-9-28-18/h2-10H,11H2,1H3,(H,24,26). The summed E-state index contributed by atoms with van der Waals surface area (Å²) in [5.74, 6) is -1.15. The molecule has 0 bridgehead atoms. The fourth-order valence-corrected chi connectivity index (χ4v) is 3.57. The number of rotatable bonds is 5. The molecule has 0 aliphatic heterocycles. The maximum atomic E-state index is 14.0. The van der Waals surface area contributed by atoms with Gasteiger partial charge in [-0.2, -0.15) is 0 Å². The monoisotopic (exact) mass is 436 g/mol. The van der Waals surface area contributed by atoms with Crippen LogP contribution in [0.3, 0.4) is 0 Å². The summed E-state index contributed by atoms with van der Waals surface area (Å²) in [6.45, 7) is 0.00382. The van der Waals surface area contributed by atoms with E-state index < -0.39 is 5.82 Å². The van der Waals surface area contributed by atoms with Crippen molar-refractivity contribution in [1.29, 1.82) is 0 Å². The molecule has 4 nitrogen and oxygen atoms in total. The lowest BCUT2D eigenvalue weighted by Crippen LogP contribution is -2.27. The Hall–Kier alpha value is -2.41. The van der Waals surface area contributed by atoms with Crippen molar-refractivity contribution in [2.24, 2.45) is 0 Å². The Bertz CT molecular complexity index is 1000. The minimum absolute atomic E-state index is 0.00382. The topological polar surface area (TPSA) is 49.4 Å². The lowest BCUT2D eigenvalue weighted by molar-refractivity contribution is 0.0783. The van der Waals surface area contributed by atoms with Crippen LogP contribution in [0.25, 0.3) is 0 Å². The maximum Gasteiger partial charge on any atom is 0.265 e. The molecule has 8 heteroatoms. The van der Waals surface area contributed by atoms with E-state index in [0.29, 0.717) is 21.2 Å². The third-order valence-electron chi connectivity index (χ3n) is 4.01. The Kier molecular flexibility index (Phi) is 6.34. The van der Waals surface area contributed by atoms with Crippen molar-refractivity contribution in [3.05, 3.63) is 85.8 Å². The van der Waals surface area contributed by atoms with E-state index in [2.05, 4.69) is 5.32 Å². The highest BCUT2D eigenvalue weighted by atomic mass is 35.5. The van der Waals surface area contributed by atoms with Gasteiger partial charge in [0.15, 0.2) is 0 Å². The van der Waals surface area contributed by atoms with E-state index in [1.807, 2.05) is 0 Å². The van der Waals surface area contributed by atoms with Crippen LogP contribution in [0.2, 0.25) is 10.0 Å². The lowest BCUT2D eigenvalue weighted by Gasteiger charge is -2.19. The molecular weight excluding hydrogens is 422 g/mol. The van der Waals surface area contributed by atoms with Gasteiger partial charge in [0.2, 0.25) is 0 Å². The van der Waals surface area contributed by atoms with Crippen molar-refractivity contribution in [3.63, 3.8) is 0 Å². The van der Waals surface area contributed by atoms with Crippen molar-refractivity contribution in [1.82, 2.24) is 4.90 Å². The molecule has 1 N–H and O–H groups in total. The first-order chi connectivity index (χ1) is 13.4. The SMILES string of the molecule is CN(Cc1c(F)cccc1Cl)C(=O)c1ccc(Cl)c(NC(=O)c2cccs2)c1. The Morgan fingerprint density at radius 1 is 1.11 bits per heavy atom. The molecule has 2 amide bonds. The minimum atomic E-state index is -0.479. The van der Waals surface area contributed by atoms with Gasteiger partial charge in [-0.25, -0.2) is 4.39 Å². The first-order valence-corrected chi connectivity index (χ1v) is 9.83. The highest BCUT2D eigenvalue weighted by Gasteiger charge is 2.18. The predicted octanol–water partition coefficient (Wildman–Crippen LogP) is 5.72. The highest BCUT2D eigenvalue weighted by Crippen LogP contribution is 2.26. The summed E-state index contributed by atoms with van der Waals surface area (Å²) in [6.07, 6.45) is 0. The summed E-state index contributed by atoms with van der Waals surface area (Å²) in [6, 6.07) is 12.4. The van der Waals surface area contributed by atoms with Gasteiger partial charge in [0.25, 0.3) is 11.8 Å². The fraction of sp³-hybridized carbons (Fsp3) is 0.100. The van der Waals surface area contributed by atoms with Crippen LogP contribution < -0.4 is 5.32 Å². The molecule has 0 atom stereocenters. The minimum Gasteiger partial charge on any atom is -0.337 e. The molecule has 144 valence electrons. The Morgan fingerprint density at radius 3 is 2.57 bits per heavy atom. The quantitative estimate of drug-likeness (QED) is 0.555. The maximum absolute atomic E-state index is 14.0. The normalized spacial score (nSPS) is 10.6. The molecule has 0 fully saturated rings. The molecule has 0 aliphatic rings. The summed E-state index contributed by atoms with van der Waals surface area (Å²) in [7, 11) is 1.55. The molecule has 0 radical (unpaired) electrons. The number of thiophene rings is 1. The van der Waals surface area contributed by atoms with Crippen LogP contribution >= 0.6 is 34.5 Å². The van der Waals surface area contributed by atoms with Crippen molar-refractivity contribution >= 4 is 52.0 Å². The van der Waals surface area contributed by atoms with Crippen LogP contribution in [-0.2, 0) is 6.54 Å². The van der Waals surface area contributed by atoms with Gasteiger partial charge in [0, 0.05) is 29.7 Å². The summed E-state index contributed by atoms with van der Waals surface area (Å²) in [5.41, 5.74) is 0.865. The van der Waals surface area contributed by atoms with Gasteiger partial charge in [-0.1, -0.05) is 35.3 Å². The van der Waals surface area contributed by atoms with Gasteiger partial charge in [-0.3, -0.25) is 9.59 Å². The second-order valence-corrected chi connectivity index (χ2v) is 7.75. The summed E-state index contributed by atoms with van der Waals surface area (Å²) in [5, 5.41) is 5.05. The van der Waals surface area contributed by atoms with E-state index in [1.165, 1.54) is 40.5 Å². The molecule has 3 aromatic rings. The van der Waals surface area contributed by atoms with Gasteiger partial charge in [0.05, 0.1) is 15.6 Å². The first-order valence-electron chi connectivity index (χ1n) is 8.19. The van der Waals surface area contributed by atoms with Crippen molar-refractivity contribution < 1.29 is 14.0 Å². The molecule has 0 spiro atoms. The van der Waals surface area contributed by atoms with E-state index >= 15 is 0 Å². The lowest BCUT2D eigenvalue weighted by atomic mass is 10.1. The number of nitrogens with zero attached hydrogens (tertiary/aromatic N) is 1. The zero-order valence-electron chi connectivity index (χ0n) is 14.7. The van der Waals surface area contributed by atoms with Gasteiger partial charge < -0.3 is 10.2 Å². The third-order valence-corrected chi connectivity index (χ3v) is 5.56. The second kappa shape index (κ2) is 8.73. The van der Waals surface area contributed by atoms with Gasteiger partial charge in [-0.15, -0.1) is 11.3 Å². The number of amides is 2. The number of carbonyl (C=O) groups excluding carboxylic acids is 2. The van der Waals surface area contributed by atoms with Crippen molar-refractivity contribution in [3.8, 4) is 0 Å². The number of nitrogens with one attached hydrogen (secondary N) is 1. The molecule has 0 unspecified atom stereocenters. The second-order valence-electron chi connectivity index (χ2n) is 5.99. The Labute approximate surface area is 175 Å². The molecule has 0 saturated carbocycles. The zero-order valence-corrected chi connectivity index (χ0v) is 17.0. The van der Waals surface area contributed by atoms with Crippen LogP contribution in [0, 0.1) is 5.82 Å². The highest BCUT2D eigenvalue weighted by molar-refractivity contribution is 7.12. The Balaban J connectivity index is 1.79. The summed E-state index contributed by atoms with van der Waals surface area (Å²) in [4.78, 5) is 26.9. The molecule has 1 heterocycles. The number of hydrogen-bond acceptors (Lipinski definition) is 3. The van der Waals surface area contributed by atoms with E-state index in [0.717, 1.165) is 0 Å².